The van der Waals surface area contributed by atoms with Crippen molar-refractivity contribution in [2.75, 3.05) is 10.8 Å². The van der Waals surface area contributed by atoms with Crippen LogP contribution in [0.2, 0.25) is 0 Å². The highest BCUT2D eigenvalue weighted by Crippen LogP contribution is 2.37. The van der Waals surface area contributed by atoms with Crippen LogP contribution in [0.5, 0.6) is 0 Å². The zero-order valence-electron chi connectivity index (χ0n) is 13.6. The van der Waals surface area contributed by atoms with Gasteiger partial charge in [0.1, 0.15) is 5.84 Å². The van der Waals surface area contributed by atoms with E-state index in [2.05, 4.69) is 4.99 Å². The first kappa shape index (κ1) is 16.3. The summed E-state index contributed by atoms with van der Waals surface area (Å²) in [5.74, 6) is -0.342. The second kappa shape index (κ2) is 6.28. The number of hydrogen-bond acceptors (Lipinski definition) is 3. The van der Waals surface area contributed by atoms with Crippen LogP contribution in [0.3, 0.4) is 0 Å². The number of aliphatic imine (C=N–C) groups is 1. The fraction of sp³-hybridized carbons (Fsp3) is 0.0500. The molecule has 6 heteroatoms. The quantitative estimate of drug-likeness (QED) is 0.332. The van der Waals surface area contributed by atoms with Crippen molar-refractivity contribution in [1.82, 2.24) is 0 Å². The lowest BCUT2D eigenvalue weighted by Crippen LogP contribution is -2.40. The Bertz CT molecular complexity index is 1050. The SMILES string of the molecule is NC(CCl)=Nc1ccc2c3c(cccc13)C(=O)N(c1ccccc1)C2=O. The Morgan fingerprint density at radius 3 is 2.31 bits per heavy atom. The topological polar surface area (TPSA) is 75.8 Å². The summed E-state index contributed by atoms with van der Waals surface area (Å²) in [6.07, 6.45) is 0. The number of anilines is 1. The second-order valence-corrected chi connectivity index (χ2v) is 6.15. The number of halogens is 1. The summed E-state index contributed by atoms with van der Waals surface area (Å²) < 4.78 is 0. The third-order valence-electron chi connectivity index (χ3n) is 4.30. The molecule has 0 unspecified atom stereocenters. The number of carbonyl (C=O) groups excluding carboxylic acids is 2. The number of para-hydroxylation sites is 1. The van der Waals surface area contributed by atoms with Crippen LogP contribution in [0.25, 0.3) is 10.8 Å². The minimum atomic E-state index is -0.356. The Balaban J connectivity index is 1.96. The molecule has 0 saturated heterocycles. The normalized spacial score (nSPS) is 14.2. The van der Waals surface area contributed by atoms with Gasteiger partial charge in [-0.15, -0.1) is 11.6 Å². The van der Waals surface area contributed by atoms with Gasteiger partial charge < -0.3 is 5.73 Å². The Labute approximate surface area is 154 Å². The lowest BCUT2D eigenvalue weighted by molar-refractivity contribution is 0.0893. The first-order valence-electron chi connectivity index (χ1n) is 8.00. The molecule has 1 aliphatic rings. The maximum atomic E-state index is 13.0. The summed E-state index contributed by atoms with van der Waals surface area (Å²) in [7, 11) is 0. The number of benzene rings is 3. The summed E-state index contributed by atoms with van der Waals surface area (Å²) in [6, 6.07) is 17.6. The van der Waals surface area contributed by atoms with Crippen LogP contribution in [0, 0.1) is 0 Å². The van der Waals surface area contributed by atoms with E-state index in [0.29, 0.717) is 33.3 Å². The first-order chi connectivity index (χ1) is 12.6. The summed E-state index contributed by atoms with van der Waals surface area (Å²) >= 11 is 5.72. The van der Waals surface area contributed by atoms with Gasteiger partial charge in [-0.05, 0) is 30.3 Å². The third kappa shape index (κ3) is 2.45. The van der Waals surface area contributed by atoms with Crippen LogP contribution in [0.15, 0.2) is 65.7 Å². The molecule has 3 aromatic rings. The molecule has 1 aliphatic heterocycles. The van der Waals surface area contributed by atoms with E-state index in [-0.39, 0.29) is 23.5 Å². The molecule has 0 atom stereocenters. The monoisotopic (exact) mass is 363 g/mol. The number of alkyl halides is 1. The smallest absolute Gasteiger partial charge is 0.265 e. The Hall–Kier alpha value is -3.18. The Morgan fingerprint density at radius 2 is 1.62 bits per heavy atom. The molecular formula is C20H14ClN3O2. The van der Waals surface area contributed by atoms with Gasteiger partial charge in [0.25, 0.3) is 11.8 Å². The number of carbonyl (C=O) groups is 2. The number of rotatable bonds is 3. The zero-order chi connectivity index (χ0) is 18.3. The standard InChI is InChI=1S/C20H14ClN3O2/c21-11-17(22)23-16-10-9-15-18-13(16)7-4-8-14(18)19(25)24(20(15)26)12-5-2-1-3-6-12/h1-10H,11H2,(H2,22,23). The van der Waals surface area contributed by atoms with Gasteiger partial charge >= 0.3 is 0 Å². The summed E-state index contributed by atoms with van der Waals surface area (Å²) in [5, 5.41) is 1.29. The van der Waals surface area contributed by atoms with Crippen molar-refractivity contribution >= 4 is 51.4 Å². The lowest BCUT2D eigenvalue weighted by Gasteiger charge is -2.27. The van der Waals surface area contributed by atoms with Gasteiger partial charge in [-0.1, -0.05) is 30.3 Å². The molecule has 2 amide bonds. The molecule has 26 heavy (non-hydrogen) atoms. The van der Waals surface area contributed by atoms with E-state index in [1.54, 1.807) is 48.5 Å². The first-order valence-corrected chi connectivity index (χ1v) is 8.54. The van der Waals surface area contributed by atoms with Gasteiger partial charge in [-0.25, -0.2) is 9.89 Å². The van der Waals surface area contributed by atoms with Crippen LogP contribution >= 0.6 is 11.6 Å². The summed E-state index contributed by atoms with van der Waals surface area (Å²) in [4.78, 5) is 31.6. The number of amidine groups is 1. The minimum absolute atomic E-state index is 0.0998. The summed E-state index contributed by atoms with van der Waals surface area (Å²) in [6.45, 7) is 0. The van der Waals surface area contributed by atoms with E-state index in [0.717, 1.165) is 0 Å². The minimum Gasteiger partial charge on any atom is -0.386 e. The average molecular weight is 364 g/mol. The highest BCUT2D eigenvalue weighted by atomic mass is 35.5. The van der Waals surface area contributed by atoms with Gasteiger partial charge in [0, 0.05) is 21.9 Å². The van der Waals surface area contributed by atoms with Crippen LogP contribution in [0.4, 0.5) is 11.4 Å². The van der Waals surface area contributed by atoms with Gasteiger partial charge in [0.05, 0.1) is 17.3 Å². The van der Waals surface area contributed by atoms with E-state index in [1.165, 1.54) is 4.90 Å². The molecule has 0 aromatic heterocycles. The van der Waals surface area contributed by atoms with Crippen molar-refractivity contribution in [3.63, 3.8) is 0 Å². The predicted octanol–water partition coefficient (Wildman–Crippen LogP) is 3.87. The van der Waals surface area contributed by atoms with Gasteiger partial charge in [0.15, 0.2) is 0 Å². The van der Waals surface area contributed by atoms with E-state index in [1.807, 2.05) is 12.1 Å². The lowest BCUT2D eigenvalue weighted by atomic mass is 9.92. The maximum Gasteiger partial charge on any atom is 0.265 e. The Morgan fingerprint density at radius 1 is 0.923 bits per heavy atom. The van der Waals surface area contributed by atoms with Crippen LogP contribution < -0.4 is 10.6 Å². The van der Waals surface area contributed by atoms with E-state index < -0.39 is 0 Å². The number of nitrogens with two attached hydrogens (primary N) is 1. The van der Waals surface area contributed by atoms with Crippen molar-refractivity contribution in [3.8, 4) is 0 Å². The van der Waals surface area contributed by atoms with E-state index in [9.17, 15) is 9.59 Å². The molecule has 128 valence electrons. The molecular weight excluding hydrogens is 350 g/mol. The highest BCUT2D eigenvalue weighted by Gasteiger charge is 2.34. The van der Waals surface area contributed by atoms with Crippen molar-refractivity contribution < 1.29 is 9.59 Å². The number of hydrogen-bond donors (Lipinski definition) is 1. The van der Waals surface area contributed by atoms with Crippen molar-refractivity contribution in [2.24, 2.45) is 10.7 Å². The average Bonchev–Trinajstić information content (AvgIpc) is 2.67. The van der Waals surface area contributed by atoms with Crippen LogP contribution in [-0.4, -0.2) is 23.5 Å². The molecule has 0 saturated carbocycles. The Kier molecular flexibility index (Phi) is 3.93. The van der Waals surface area contributed by atoms with E-state index in [4.69, 9.17) is 17.3 Å². The second-order valence-electron chi connectivity index (χ2n) is 5.88. The maximum absolute atomic E-state index is 13.0. The number of nitrogens with zero attached hydrogens (tertiary/aromatic N) is 2. The zero-order valence-corrected chi connectivity index (χ0v) is 14.4. The number of amides is 2. The number of imide groups is 1. The molecule has 0 spiro atoms. The van der Waals surface area contributed by atoms with E-state index >= 15 is 0 Å². The molecule has 3 aromatic carbocycles. The predicted molar refractivity (Wildman–Crippen MR) is 104 cm³/mol. The van der Waals surface area contributed by atoms with Crippen LogP contribution in [-0.2, 0) is 0 Å². The molecule has 0 fully saturated rings. The highest BCUT2D eigenvalue weighted by molar-refractivity contribution is 6.36. The fourth-order valence-electron chi connectivity index (χ4n) is 3.17. The van der Waals surface area contributed by atoms with Crippen LogP contribution in [0.1, 0.15) is 20.7 Å². The molecule has 2 N–H and O–H groups in total. The van der Waals surface area contributed by atoms with Crippen molar-refractivity contribution in [1.29, 1.82) is 0 Å². The fourth-order valence-corrected chi connectivity index (χ4v) is 3.23. The third-order valence-corrected chi connectivity index (χ3v) is 4.57. The van der Waals surface area contributed by atoms with Gasteiger partial charge in [-0.3, -0.25) is 9.59 Å². The van der Waals surface area contributed by atoms with Crippen molar-refractivity contribution in [2.45, 2.75) is 0 Å². The largest absolute Gasteiger partial charge is 0.386 e. The summed E-state index contributed by atoms with van der Waals surface area (Å²) in [5.41, 5.74) is 7.79. The molecule has 5 nitrogen and oxygen atoms in total. The molecule has 4 rings (SSSR count). The molecule has 0 aliphatic carbocycles. The van der Waals surface area contributed by atoms with Gasteiger partial charge in [-0.2, -0.15) is 0 Å². The van der Waals surface area contributed by atoms with Gasteiger partial charge in [0.2, 0.25) is 0 Å². The molecule has 0 radical (unpaired) electrons. The molecule has 0 bridgehead atoms. The molecule has 1 heterocycles. The van der Waals surface area contributed by atoms with Crippen molar-refractivity contribution in [3.05, 3.63) is 71.8 Å².